The number of hydrogen-bond donors (Lipinski definition) is 3. The third-order valence-corrected chi connectivity index (χ3v) is 18.6. The maximum Gasteiger partial charge on any atom is 0.472 e. The van der Waals surface area contributed by atoms with Crippen LogP contribution in [0.4, 0.5) is 0 Å². The van der Waals surface area contributed by atoms with Gasteiger partial charge in [-0.1, -0.05) is 299 Å². The SMILES string of the molecule is CCC(C)CCCCCCCCCCC(=O)OC[C@H](COP(=O)(O)OC[C@@H](O)COP(=O)(O)OC[C@@H](COC(=O)CCCCCCCCC(C)C)OC(=O)CCCCCCCCCCCCCCC(C)C)OC(=O)CCCCCCCCCCCCCC(C)C. The highest BCUT2D eigenvalue weighted by Crippen LogP contribution is 2.45. The van der Waals surface area contributed by atoms with Crippen LogP contribution in [-0.2, 0) is 65.4 Å². The molecule has 3 N–H and O–H groups in total. The molecule has 0 aliphatic rings. The molecule has 19 heteroatoms. The Labute approximate surface area is 549 Å². The smallest absolute Gasteiger partial charge is 0.462 e. The van der Waals surface area contributed by atoms with Crippen LogP contribution in [0.3, 0.4) is 0 Å². The molecule has 0 rings (SSSR count). The lowest BCUT2D eigenvalue weighted by molar-refractivity contribution is -0.161. The Morgan fingerprint density at radius 3 is 0.789 bits per heavy atom. The van der Waals surface area contributed by atoms with Gasteiger partial charge in [0, 0.05) is 25.7 Å². The molecule has 0 aromatic heterocycles. The third-order valence-electron chi connectivity index (χ3n) is 16.7. The van der Waals surface area contributed by atoms with Gasteiger partial charge >= 0.3 is 39.5 Å². The molecule has 90 heavy (non-hydrogen) atoms. The molecule has 0 saturated heterocycles. The van der Waals surface area contributed by atoms with E-state index in [1.54, 1.807) is 0 Å². The maximum absolute atomic E-state index is 13.0. The Kier molecular flexibility index (Phi) is 59.4. The molecular formula is C71H138O17P2. The van der Waals surface area contributed by atoms with Crippen LogP contribution in [0.25, 0.3) is 0 Å². The number of phosphoric acid groups is 2. The van der Waals surface area contributed by atoms with Gasteiger partial charge in [0.2, 0.25) is 0 Å². The first-order chi connectivity index (χ1) is 43.1. The van der Waals surface area contributed by atoms with Crippen molar-refractivity contribution in [2.45, 2.75) is 369 Å². The predicted molar refractivity (Wildman–Crippen MR) is 363 cm³/mol. The molecule has 0 aliphatic heterocycles. The quantitative estimate of drug-likeness (QED) is 0.0222. The van der Waals surface area contributed by atoms with E-state index in [1.807, 2.05) is 0 Å². The minimum Gasteiger partial charge on any atom is -0.462 e. The van der Waals surface area contributed by atoms with E-state index in [1.165, 1.54) is 148 Å². The van der Waals surface area contributed by atoms with Gasteiger partial charge in [0.05, 0.1) is 26.4 Å². The Balaban J connectivity index is 5.25. The average molecular weight is 1330 g/mol. The van der Waals surface area contributed by atoms with Crippen LogP contribution in [-0.4, -0.2) is 96.7 Å². The lowest BCUT2D eigenvalue weighted by atomic mass is 9.99. The third kappa shape index (κ3) is 63.5. The van der Waals surface area contributed by atoms with Crippen molar-refractivity contribution in [2.24, 2.45) is 23.7 Å². The molecular weight excluding hydrogens is 1190 g/mol. The van der Waals surface area contributed by atoms with E-state index < -0.39 is 97.5 Å². The van der Waals surface area contributed by atoms with Crippen molar-refractivity contribution in [3.63, 3.8) is 0 Å². The number of ether oxygens (including phenoxy) is 4. The molecule has 0 fully saturated rings. The number of carbonyl (C=O) groups excluding carboxylic acids is 4. The first-order valence-electron chi connectivity index (χ1n) is 36.7. The van der Waals surface area contributed by atoms with Crippen LogP contribution in [0.5, 0.6) is 0 Å². The second-order valence-corrected chi connectivity index (χ2v) is 30.2. The zero-order valence-electron chi connectivity index (χ0n) is 58.8. The summed E-state index contributed by atoms with van der Waals surface area (Å²) >= 11 is 0. The van der Waals surface area contributed by atoms with Crippen molar-refractivity contribution in [3.8, 4) is 0 Å². The fourth-order valence-corrected chi connectivity index (χ4v) is 12.2. The van der Waals surface area contributed by atoms with Crippen LogP contribution in [0.15, 0.2) is 0 Å². The summed E-state index contributed by atoms with van der Waals surface area (Å²) in [5, 5.41) is 10.6. The number of aliphatic hydroxyl groups is 1. The number of aliphatic hydroxyl groups excluding tert-OH is 1. The minimum atomic E-state index is -4.95. The summed E-state index contributed by atoms with van der Waals surface area (Å²) in [7, 11) is -9.90. The number of esters is 4. The molecule has 0 saturated carbocycles. The Morgan fingerprint density at radius 2 is 0.533 bits per heavy atom. The molecule has 534 valence electrons. The molecule has 17 nitrogen and oxygen atoms in total. The fraction of sp³-hybridized carbons (Fsp3) is 0.944. The van der Waals surface area contributed by atoms with Crippen LogP contribution in [0.1, 0.15) is 351 Å². The van der Waals surface area contributed by atoms with Gasteiger partial charge in [-0.05, 0) is 49.4 Å². The van der Waals surface area contributed by atoms with Gasteiger partial charge in [-0.25, -0.2) is 9.13 Å². The number of phosphoric ester groups is 2. The van der Waals surface area contributed by atoms with Gasteiger partial charge in [-0.2, -0.15) is 0 Å². The Bertz CT molecular complexity index is 1780. The monoisotopic (exact) mass is 1320 g/mol. The summed E-state index contributed by atoms with van der Waals surface area (Å²) in [6, 6.07) is 0. The molecule has 0 aromatic rings. The fourth-order valence-electron chi connectivity index (χ4n) is 10.6. The van der Waals surface area contributed by atoms with E-state index in [9.17, 15) is 43.2 Å². The van der Waals surface area contributed by atoms with E-state index in [0.717, 1.165) is 114 Å². The van der Waals surface area contributed by atoms with Crippen LogP contribution in [0.2, 0.25) is 0 Å². The van der Waals surface area contributed by atoms with E-state index in [2.05, 4.69) is 55.4 Å². The van der Waals surface area contributed by atoms with Crippen molar-refractivity contribution in [1.29, 1.82) is 0 Å². The number of rotatable bonds is 68. The summed E-state index contributed by atoms with van der Waals surface area (Å²) in [6.07, 6.45) is 43.1. The number of carbonyl (C=O) groups is 4. The molecule has 0 heterocycles. The Hall–Kier alpha value is -1.94. The molecule has 0 amide bonds. The van der Waals surface area contributed by atoms with Crippen LogP contribution >= 0.6 is 15.6 Å². The lowest BCUT2D eigenvalue weighted by Crippen LogP contribution is -2.30. The highest BCUT2D eigenvalue weighted by molar-refractivity contribution is 7.47. The second-order valence-electron chi connectivity index (χ2n) is 27.3. The zero-order chi connectivity index (χ0) is 66.8. The molecule has 3 unspecified atom stereocenters. The molecule has 0 aliphatic carbocycles. The van der Waals surface area contributed by atoms with Gasteiger partial charge in [0.15, 0.2) is 12.2 Å². The lowest BCUT2D eigenvalue weighted by Gasteiger charge is -2.21. The van der Waals surface area contributed by atoms with Gasteiger partial charge in [-0.3, -0.25) is 37.3 Å². The van der Waals surface area contributed by atoms with Crippen molar-refractivity contribution < 1.29 is 80.2 Å². The zero-order valence-corrected chi connectivity index (χ0v) is 60.6. The average Bonchev–Trinajstić information content (AvgIpc) is 2.65. The van der Waals surface area contributed by atoms with Gasteiger partial charge < -0.3 is 33.8 Å². The minimum absolute atomic E-state index is 0.105. The summed E-state index contributed by atoms with van der Waals surface area (Å²) in [5.74, 6) is 0.870. The largest absolute Gasteiger partial charge is 0.472 e. The Morgan fingerprint density at radius 1 is 0.311 bits per heavy atom. The molecule has 0 aromatic carbocycles. The predicted octanol–water partition coefficient (Wildman–Crippen LogP) is 20.1. The summed E-state index contributed by atoms with van der Waals surface area (Å²) in [6.45, 7) is 14.1. The normalized spacial score (nSPS) is 14.6. The first kappa shape index (κ1) is 88.1. The van der Waals surface area contributed by atoms with Crippen molar-refractivity contribution in [1.82, 2.24) is 0 Å². The number of unbranched alkanes of at least 4 members (excludes halogenated alkanes) is 33. The van der Waals surface area contributed by atoms with Crippen LogP contribution < -0.4 is 0 Å². The number of hydrogen-bond acceptors (Lipinski definition) is 15. The topological polar surface area (TPSA) is 237 Å². The second kappa shape index (κ2) is 60.7. The van der Waals surface area contributed by atoms with E-state index in [4.69, 9.17) is 37.0 Å². The highest BCUT2D eigenvalue weighted by atomic mass is 31.2. The molecule has 6 atom stereocenters. The maximum atomic E-state index is 13.0. The molecule has 0 spiro atoms. The first-order valence-corrected chi connectivity index (χ1v) is 39.7. The van der Waals surface area contributed by atoms with E-state index in [-0.39, 0.29) is 25.7 Å². The van der Waals surface area contributed by atoms with E-state index >= 15 is 0 Å². The molecule has 0 radical (unpaired) electrons. The van der Waals surface area contributed by atoms with E-state index in [0.29, 0.717) is 31.6 Å². The summed E-state index contributed by atoms with van der Waals surface area (Å²) in [5.41, 5.74) is 0. The van der Waals surface area contributed by atoms with Gasteiger partial charge in [0.1, 0.15) is 19.3 Å². The highest BCUT2D eigenvalue weighted by Gasteiger charge is 2.30. The van der Waals surface area contributed by atoms with Crippen molar-refractivity contribution in [3.05, 3.63) is 0 Å². The van der Waals surface area contributed by atoms with Gasteiger partial charge in [-0.15, -0.1) is 0 Å². The standard InChI is InChI=1S/C71H138O17P2/c1-9-64(8)50-42-34-25-21-22-26-35-43-51-68(73)81-57-66(87-71(76)54-46-38-28-20-16-12-14-18-24-32-40-48-62(4)5)59-85-89(77,78)83-55-65(72)56-84-90(79,80)86-60-67(58-82-69(74)52-44-36-30-29-33-41-49-63(6)7)88-70(75)53-45-37-27-19-15-11-10-13-17-23-31-39-47-61(2)3/h61-67,72H,9-60H2,1-8H3,(H,77,78)(H,79,80)/t64?,65-,66-,67-/m1/s1. The molecule has 0 bridgehead atoms. The summed E-state index contributed by atoms with van der Waals surface area (Å²) in [4.78, 5) is 72.6. The van der Waals surface area contributed by atoms with Crippen molar-refractivity contribution in [2.75, 3.05) is 39.6 Å². The van der Waals surface area contributed by atoms with Crippen molar-refractivity contribution >= 4 is 39.5 Å². The summed E-state index contributed by atoms with van der Waals surface area (Å²) < 4.78 is 68.3. The van der Waals surface area contributed by atoms with Gasteiger partial charge in [0.25, 0.3) is 0 Å². The van der Waals surface area contributed by atoms with Crippen LogP contribution in [0, 0.1) is 23.7 Å².